The fourth-order valence-electron chi connectivity index (χ4n) is 1.06. The molecule has 2 N–H and O–H groups in total. The second-order valence-corrected chi connectivity index (χ2v) is 6.77. The topological polar surface area (TPSA) is 43.1 Å². The summed E-state index contributed by atoms with van der Waals surface area (Å²) in [5.41, 5.74) is 5.75. The summed E-state index contributed by atoms with van der Waals surface area (Å²) in [6.07, 6.45) is 0.783. The molecule has 0 aromatic rings. The van der Waals surface area contributed by atoms with Crippen LogP contribution in [0.15, 0.2) is 0 Å². The molecular weight excluding hydrogens is 265 g/mol. The fourth-order valence-corrected chi connectivity index (χ4v) is 1.46. The van der Waals surface area contributed by atoms with Gasteiger partial charge >= 0.3 is 0 Å². The lowest BCUT2D eigenvalue weighted by atomic mass is 9.95. The summed E-state index contributed by atoms with van der Waals surface area (Å²) < 4.78 is -0.327. The van der Waals surface area contributed by atoms with E-state index in [1.165, 1.54) is 0 Å². The van der Waals surface area contributed by atoms with Crippen LogP contribution in [-0.2, 0) is 4.79 Å². The van der Waals surface area contributed by atoms with Gasteiger partial charge in [-0.15, -0.1) is 0 Å². The predicted molar refractivity (Wildman–Crippen MR) is 60.5 cm³/mol. The highest BCUT2D eigenvalue weighted by molar-refractivity contribution is 14.1. The van der Waals surface area contributed by atoms with Crippen LogP contribution in [0.3, 0.4) is 0 Å². The molecule has 0 aliphatic carbocycles. The Hall–Kier alpha value is 0.360. The molecule has 0 spiro atoms. The van der Waals surface area contributed by atoms with Crippen molar-refractivity contribution in [3.05, 3.63) is 0 Å². The summed E-state index contributed by atoms with van der Waals surface area (Å²) in [6, 6.07) is -0.295. The van der Waals surface area contributed by atoms with E-state index >= 15 is 0 Å². The van der Waals surface area contributed by atoms with Crippen LogP contribution in [0.1, 0.15) is 34.1 Å². The van der Waals surface area contributed by atoms with Gasteiger partial charge < -0.3 is 5.73 Å². The van der Waals surface area contributed by atoms with E-state index in [0.717, 1.165) is 6.42 Å². The van der Waals surface area contributed by atoms with Gasteiger partial charge in [0.1, 0.15) is 0 Å². The molecule has 0 fully saturated rings. The summed E-state index contributed by atoms with van der Waals surface area (Å²) in [7, 11) is 0. The Morgan fingerprint density at radius 1 is 1.50 bits per heavy atom. The Labute approximate surface area is 88.4 Å². The molecule has 0 amide bonds. The molecule has 0 rings (SSSR count). The molecule has 0 heterocycles. The lowest BCUT2D eigenvalue weighted by Crippen LogP contribution is -2.41. The van der Waals surface area contributed by atoms with Crippen molar-refractivity contribution < 1.29 is 4.79 Å². The van der Waals surface area contributed by atoms with Crippen LogP contribution in [0.4, 0.5) is 0 Å². The molecular formula is C9H18INO. The van der Waals surface area contributed by atoms with Crippen molar-refractivity contribution in [2.75, 3.05) is 0 Å². The average Bonchev–Trinajstić information content (AvgIpc) is 1.82. The number of carbonyl (C=O) groups excluding carboxylic acids is 1. The van der Waals surface area contributed by atoms with Gasteiger partial charge in [-0.05, 0) is 26.2 Å². The molecule has 0 aliphatic rings. The van der Waals surface area contributed by atoms with Gasteiger partial charge in [-0.2, -0.15) is 0 Å². The Bertz CT molecular complexity index is 160. The first kappa shape index (κ1) is 12.4. The van der Waals surface area contributed by atoms with Gasteiger partial charge in [-0.1, -0.05) is 36.4 Å². The molecule has 2 nitrogen and oxygen atoms in total. The third kappa shape index (κ3) is 4.40. The van der Waals surface area contributed by atoms with Gasteiger partial charge in [0.15, 0.2) is 5.78 Å². The highest BCUT2D eigenvalue weighted by Gasteiger charge is 2.28. The Morgan fingerprint density at radius 3 is 2.17 bits per heavy atom. The van der Waals surface area contributed by atoms with Crippen molar-refractivity contribution in [2.24, 2.45) is 11.7 Å². The molecule has 0 bridgehead atoms. The van der Waals surface area contributed by atoms with Crippen molar-refractivity contribution in [3.63, 3.8) is 0 Å². The van der Waals surface area contributed by atoms with Gasteiger partial charge in [0.25, 0.3) is 0 Å². The van der Waals surface area contributed by atoms with Crippen molar-refractivity contribution in [1.82, 2.24) is 0 Å². The van der Waals surface area contributed by atoms with Crippen molar-refractivity contribution in [3.8, 4) is 0 Å². The Morgan fingerprint density at radius 2 is 1.92 bits per heavy atom. The standard InChI is InChI=1S/C9H18INO/c1-6(2)5-7(11)8(12)9(3,4)10/h6-7H,5,11H2,1-4H3. The van der Waals surface area contributed by atoms with Crippen LogP contribution in [-0.4, -0.2) is 15.2 Å². The van der Waals surface area contributed by atoms with Crippen molar-refractivity contribution >= 4 is 28.4 Å². The molecule has 12 heavy (non-hydrogen) atoms. The number of carbonyl (C=O) groups is 1. The minimum Gasteiger partial charge on any atom is -0.321 e. The minimum atomic E-state index is -0.327. The van der Waals surface area contributed by atoms with Crippen LogP contribution < -0.4 is 5.73 Å². The molecule has 0 aliphatic heterocycles. The number of alkyl halides is 1. The van der Waals surface area contributed by atoms with Gasteiger partial charge in [-0.25, -0.2) is 0 Å². The number of hydrogen-bond donors (Lipinski definition) is 1. The van der Waals surface area contributed by atoms with Gasteiger partial charge in [0, 0.05) is 0 Å². The molecule has 0 radical (unpaired) electrons. The normalized spacial score (nSPS) is 14.9. The third-order valence-corrected chi connectivity index (χ3v) is 2.18. The third-order valence-electron chi connectivity index (χ3n) is 1.65. The predicted octanol–water partition coefficient (Wildman–Crippen LogP) is 2.14. The zero-order chi connectivity index (χ0) is 9.94. The highest BCUT2D eigenvalue weighted by atomic mass is 127. The molecule has 1 unspecified atom stereocenters. The molecule has 1 atom stereocenters. The maximum absolute atomic E-state index is 11.6. The van der Waals surface area contributed by atoms with E-state index in [-0.39, 0.29) is 15.2 Å². The van der Waals surface area contributed by atoms with Gasteiger partial charge in [0.05, 0.1) is 9.46 Å². The maximum atomic E-state index is 11.6. The Balaban J connectivity index is 4.12. The highest BCUT2D eigenvalue weighted by Crippen LogP contribution is 2.21. The van der Waals surface area contributed by atoms with E-state index < -0.39 is 0 Å². The molecule has 3 heteroatoms. The number of Topliss-reactive ketones (excluding diaryl/α,β-unsaturated/α-hetero) is 1. The number of halogens is 1. The average molecular weight is 283 g/mol. The van der Waals surface area contributed by atoms with Crippen molar-refractivity contribution in [1.29, 1.82) is 0 Å². The smallest absolute Gasteiger partial charge is 0.164 e. The Kier molecular flexibility index (Phi) is 4.69. The van der Waals surface area contributed by atoms with Crippen LogP contribution in [0.5, 0.6) is 0 Å². The first-order valence-electron chi connectivity index (χ1n) is 4.24. The SMILES string of the molecule is CC(C)CC(N)C(=O)C(C)(C)I. The number of hydrogen-bond acceptors (Lipinski definition) is 2. The summed E-state index contributed by atoms with van der Waals surface area (Å²) >= 11 is 2.14. The second-order valence-electron chi connectivity index (χ2n) is 4.07. The number of nitrogens with two attached hydrogens (primary N) is 1. The molecule has 0 aromatic heterocycles. The van der Waals surface area contributed by atoms with Crippen LogP contribution >= 0.6 is 22.6 Å². The summed E-state index contributed by atoms with van der Waals surface area (Å²) in [5, 5.41) is 0. The van der Waals surface area contributed by atoms with Crippen LogP contribution in [0.2, 0.25) is 0 Å². The summed E-state index contributed by atoms with van der Waals surface area (Å²) in [4.78, 5) is 11.6. The van der Waals surface area contributed by atoms with Crippen molar-refractivity contribution in [2.45, 2.75) is 43.6 Å². The lowest BCUT2D eigenvalue weighted by molar-refractivity contribution is -0.121. The van der Waals surface area contributed by atoms with E-state index in [2.05, 4.69) is 36.4 Å². The molecule has 0 saturated carbocycles. The molecule has 72 valence electrons. The van der Waals surface area contributed by atoms with Crippen LogP contribution in [0.25, 0.3) is 0 Å². The zero-order valence-corrected chi connectivity index (χ0v) is 10.4. The first-order chi connectivity index (χ1) is 5.25. The lowest BCUT2D eigenvalue weighted by Gasteiger charge is -2.21. The number of ketones is 1. The summed E-state index contributed by atoms with van der Waals surface area (Å²) in [6.45, 7) is 7.95. The van der Waals surface area contributed by atoms with E-state index in [0.29, 0.717) is 5.92 Å². The zero-order valence-electron chi connectivity index (χ0n) is 8.23. The maximum Gasteiger partial charge on any atom is 0.164 e. The van der Waals surface area contributed by atoms with Gasteiger partial charge in [-0.3, -0.25) is 4.79 Å². The summed E-state index contributed by atoms with van der Waals surface area (Å²) in [5.74, 6) is 0.638. The van der Waals surface area contributed by atoms with Gasteiger partial charge in [0.2, 0.25) is 0 Å². The minimum absolute atomic E-state index is 0.150. The number of rotatable bonds is 4. The molecule has 0 aromatic carbocycles. The van der Waals surface area contributed by atoms with E-state index in [1.54, 1.807) is 0 Å². The largest absolute Gasteiger partial charge is 0.321 e. The molecule has 0 saturated heterocycles. The fraction of sp³-hybridized carbons (Fsp3) is 0.889. The monoisotopic (exact) mass is 283 g/mol. The first-order valence-corrected chi connectivity index (χ1v) is 5.32. The van der Waals surface area contributed by atoms with Crippen LogP contribution in [0, 0.1) is 5.92 Å². The van der Waals surface area contributed by atoms with E-state index in [1.807, 2.05) is 13.8 Å². The second kappa shape index (κ2) is 4.56. The quantitative estimate of drug-likeness (QED) is 0.634. The van der Waals surface area contributed by atoms with E-state index in [9.17, 15) is 4.79 Å². The van der Waals surface area contributed by atoms with E-state index in [4.69, 9.17) is 5.73 Å².